The van der Waals surface area contributed by atoms with Gasteiger partial charge in [-0.15, -0.1) is 11.3 Å². The maximum Gasteiger partial charge on any atom is 0.107 e. The van der Waals surface area contributed by atoms with E-state index < -0.39 is 0 Å². The summed E-state index contributed by atoms with van der Waals surface area (Å²) in [5.74, 6) is 0.586. The van der Waals surface area contributed by atoms with E-state index in [0.717, 1.165) is 26.1 Å². The predicted molar refractivity (Wildman–Crippen MR) is 77.9 cm³/mol. The molecule has 2 heterocycles. The fraction of sp³-hybridized carbons (Fsp3) is 0.786. The van der Waals surface area contributed by atoms with Crippen LogP contribution in [0.5, 0.6) is 0 Å². The topological polar surface area (TPSA) is 42.2 Å². The van der Waals surface area contributed by atoms with Gasteiger partial charge in [-0.1, -0.05) is 27.7 Å². The molecule has 0 bridgehead atoms. The van der Waals surface area contributed by atoms with Gasteiger partial charge in [-0.05, 0) is 17.8 Å². The van der Waals surface area contributed by atoms with Crippen molar-refractivity contribution in [3.63, 3.8) is 0 Å². The van der Waals surface area contributed by atoms with Gasteiger partial charge in [0.2, 0.25) is 0 Å². The van der Waals surface area contributed by atoms with Crippen LogP contribution in [0.15, 0.2) is 6.20 Å². The van der Waals surface area contributed by atoms with E-state index in [4.69, 9.17) is 5.73 Å². The highest BCUT2D eigenvalue weighted by Crippen LogP contribution is 2.29. The maximum absolute atomic E-state index is 6.17. The van der Waals surface area contributed by atoms with Crippen molar-refractivity contribution in [3.8, 4) is 0 Å². The number of hydrogen-bond donors (Lipinski definition) is 1. The first-order chi connectivity index (χ1) is 8.38. The Morgan fingerprint density at radius 2 is 2.28 bits per heavy atom. The second-order valence-electron chi connectivity index (χ2n) is 6.41. The molecule has 4 heteroatoms. The minimum atomic E-state index is 0.219. The summed E-state index contributed by atoms with van der Waals surface area (Å²) >= 11 is 1.85. The number of aromatic nitrogens is 1. The molecule has 0 saturated carbocycles. The number of likely N-dealkylation sites (tertiary alicyclic amines) is 1. The first kappa shape index (κ1) is 14.0. The van der Waals surface area contributed by atoms with Gasteiger partial charge in [0, 0.05) is 30.2 Å². The van der Waals surface area contributed by atoms with E-state index >= 15 is 0 Å². The molecule has 1 atom stereocenters. The summed E-state index contributed by atoms with van der Waals surface area (Å²) < 4.78 is 0. The number of nitrogens with zero attached hydrogens (tertiary/aromatic N) is 2. The molecule has 1 unspecified atom stereocenters. The van der Waals surface area contributed by atoms with Gasteiger partial charge in [0.05, 0.1) is 6.54 Å². The molecule has 1 aliphatic rings. The maximum atomic E-state index is 6.17. The van der Waals surface area contributed by atoms with Crippen molar-refractivity contribution < 1.29 is 0 Å². The van der Waals surface area contributed by atoms with E-state index in [-0.39, 0.29) is 5.41 Å². The molecule has 0 aliphatic carbocycles. The lowest BCUT2D eigenvalue weighted by atomic mass is 9.80. The normalized spacial score (nSPS) is 24.7. The molecule has 1 fully saturated rings. The third-order valence-corrected chi connectivity index (χ3v) is 5.17. The lowest BCUT2D eigenvalue weighted by Gasteiger charge is -2.42. The van der Waals surface area contributed by atoms with Gasteiger partial charge < -0.3 is 5.73 Å². The zero-order valence-electron chi connectivity index (χ0n) is 11.9. The van der Waals surface area contributed by atoms with Crippen molar-refractivity contribution >= 4 is 11.3 Å². The molecular weight excluding hydrogens is 242 g/mol. The van der Waals surface area contributed by atoms with Crippen molar-refractivity contribution in [2.75, 3.05) is 13.1 Å². The minimum absolute atomic E-state index is 0.219. The Kier molecular flexibility index (Phi) is 4.09. The zero-order chi connectivity index (χ0) is 13.3. The van der Waals surface area contributed by atoms with Gasteiger partial charge in [0.25, 0.3) is 0 Å². The third kappa shape index (κ3) is 3.11. The quantitative estimate of drug-likeness (QED) is 0.915. The third-order valence-electron chi connectivity index (χ3n) is 3.89. The van der Waals surface area contributed by atoms with Crippen LogP contribution in [0.1, 0.15) is 49.9 Å². The zero-order valence-corrected chi connectivity index (χ0v) is 12.8. The van der Waals surface area contributed by atoms with Gasteiger partial charge in [0.15, 0.2) is 0 Å². The molecule has 0 amide bonds. The molecule has 0 aromatic carbocycles. The largest absolute Gasteiger partial charge is 0.327 e. The van der Waals surface area contributed by atoms with Crippen LogP contribution < -0.4 is 5.73 Å². The van der Waals surface area contributed by atoms with E-state index in [9.17, 15) is 0 Å². The van der Waals surface area contributed by atoms with E-state index in [0.29, 0.717) is 12.0 Å². The molecule has 3 nitrogen and oxygen atoms in total. The Morgan fingerprint density at radius 3 is 2.83 bits per heavy atom. The summed E-state index contributed by atoms with van der Waals surface area (Å²) in [5, 5.41) is 1.24. The van der Waals surface area contributed by atoms with Crippen LogP contribution in [0.3, 0.4) is 0 Å². The summed E-state index contributed by atoms with van der Waals surface area (Å²) in [6.07, 6.45) is 3.13. The highest BCUT2D eigenvalue weighted by atomic mass is 32.1. The Bertz CT molecular complexity index is 397. The standard InChI is InChI=1S/C14H25N3S/c1-10(2)11-7-16-13(18-11)8-17-6-5-12(15)14(3,4)9-17/h7,10,12H,5-6,8-9,15H2,1-4H3. The predicted octanol–water partition coefficient (Wildman–Crippen LogP) is 2.83. The SMILES string of the molecule is CC(C)c1cnc(CN2CCC(N)C(C)(C)C2)s1. The molecule has 2 rings (SSSR count). The lowest BCUT2D eigenvalue weighted by molar-refractivity contribution is 0.0898. The number of hydrogen-bond acceptors (Lipinski definition) is 4. The average Bonchev–Trinajstić information content (AvgIpc) is 2.72. The van der Waals surface area contributed by atoms with E-state index in [2.05, 4.69) is 37.6 Å². The molecule has 0 radical (unpaired) electrons. The van der Waals surface area contributed by atoms with Gasteiger partial charge >= 0.3 is 0 Å². The molecule has 1 saturated heterocycles. The van der Waals surface area contributed by atoms with Crippen LogP contribution in [0.2, 0.25) is 0 Å². The molecular formula is C14H25N3S. The fourth-order valence-corrected chi connectivity index (χ4v) is 3.44. The van der Waals surface area contributed by atoms with Crippen LogP contribution in [0, 0.1) is 5.41 Å². The Labute approximate surface area is 114 Å². The van der Waals surface area contributed by atoms with E-state index in [1.807, 2.05) is 17.5 Å². The highest BCUT2D eigenvalue weighted by Gasteiger charge is 2.33. The van der Waals surface area contributed by atoms with Crippen LogP contribution in [0.4, 0.5) is 0 Å². The monoisotopic (exact) mass is 267 g/mol. The van der Waals surface area contributed by atoms with Crippen molar-refractivity contribution in [1.82, 2.24) is 9.88 Å². The van der Waals surface area contributed by atoms with Gasteiger partial charge in [-0.2, -0.15) is 0 Å². The number of thiazole rings is 1. The van der Waals surface area contributed by atoms with Gasteiger partial charge in [-0.3, -0.25) is 4.90 Å². The first-order valence-electron chi connectivity index (χ1n) is 6.81. The van der Waals surface area contributed by atoms with Crippen molar-refractivity contribution in [1.29, 1.82) is 0 Å². The number of nitrogens with two attached hydrogens (primary N) is 1. The second-order valence-corrected chi connectivity index (χ2v) is 7.55. The van der Waals surface area contributed by atoms with Crippen LogP contribution >= 0.6 is 11.3 Å². The smallest absolute Gasteiger partial charge is 0.107 e. The molecule has 0 spiro atoms. The van der Waals surface area contributed by atoms with E-state index in [1.165, 1.54) is 9.88 Å². The van der Waals surface area contributed by atoms with Crippen molar-refractivity contribution in [2.45, 2.75) is 52.6 Å². The van der Waals surface area contributed by atoms with Crippen LogP contribution in [0.25, 0.3) is 0 Å². The lowest BCUT2D eigenvalue weighted by Crippen LogP contribution is -2.52. The van der Waals surface area contributed by atoms with Crippen LogP contribution in [-0.2, 0) is 6.54 Å². The van der Waals surface area contributed by atoms with Crippen molar-refractivity contribution in [3.05, 3.63) is 16.1 Å². The van der Waals surface area contributed by atoms with Crippen molar-refractivity contribution in [2.24, 2.45) is 11.1 Å². The molecule has 102 valence electrons. The average molecular weight is 267 g/mol. The molecule has 1 aliphatic heterocycles. The summed E-state index contributed by atoms with van der Waals surface area (Å²) in [5.41, 5.74) is 6.39. The van der Waals surface area contributed by atoms with Gasteiger partial charge in [0.1, 0.15) is 5.01 Å². The number of rotatable bonds is 3. The van der Waals surface area contributed by atoms with Crippen LogP contribution in [-0.4, -0.2) is 29.0 Å². The Hall–Kier alpha value is -0.450. The summed E-state index contributed by atoms with van der Waals surface area (Å²) in [6.45, 7) is 12.1. The number of piperidine rings is 1. The molecule has 1 aromatic rings. The van der Waals surface area contributed by atoms with Gasteiger partial charge in [-0.25, -0.2) is 4.98 Å². The summed E-state index contributed by atoms with van der Waals surface area (Å²) in [7, 11) is 0. The molecule has 18 heavy (non-hydrogen) atoms. The first-order valence-corrected chi connectivity index (χ1v) is 7.62. The minimum Gasteiger partial charge on any atom is -0.327 e. The highest BCUT2D eigenvalue weighted by molar-refractivity contribution is 7.11. The summed E-state index contributed by atoms with van der Waals surface area (Å²) in [4.78, 5) is 8.42. The van der Waals surface area contributed by atoms with E-state index in [1.54, 1.807) is 0 Å². The molecule has 1 aromatic heterocycles. The molecule has 2 N–H and O–H groups in total. The second kappa shape index (κ2) is 5.27. The Morgan fingerprint density at radius 1 is 1.56 bits per heavy atom. The fourth-order valence-electron chi connectivity index (χ4n) is 2.48. The summed E-state index contributed by atoms with van der Waals surface area (Å²) in [6, 6.07) is 0.330. The Balaban J connectivity index is 1.97.